The van der Waals surface area contributed by atoms with Crippen molar-refractivity contribution in [3.05, 3.63) is 41.7 Å². The molecule has 0 radical (unpaired) electrons. The molecule has 0 spiro atoms. The summed E-state index contributed by atoms with van der Waals surface area (Å²) in [4.78, 5) is 11.8. The lowest BCUT2D eigenvalue weighted by molar-refractivity contribution is 0.309. The van der Waals surface area contributed by atoms with E-state index in [9.17, 15) is 0 Å². The molecule has 0 unspecified atom stereocenters. The molecule has 5 nitrogen and oxygen atoms in total. The van der Waals surface area contributed by atoms with Gasteiger partial charge in [0.2, 0.25) is 0 Å². The summed E-state index contributed by atoms with van der Waals surface area (Å²) >= 11 is 0. The molecule has 3 heterocycles. The number of likely N-dealkylation sites (tertiary alicyclic amines) is 1. The topological polar surface area (TPSA) is 46.0 Å². The summed E-state index contributed by atoms with van der Waals surface area (Å²) in [5, 5.41) is 3.23. The second-order valence-electron chi connectivity index (χ2n) is 6.74. The molecule has 2 aromatic rings. The Bertz CT molecular complexity index is 661. The molecule has 0 saturated carbocycles. The largest absolute Gasteiger partial charge is 0.388 e. The van der Waals surface area contributed by atoms with Crippen LogP contribution in [0.15, 0.2) is 24.5 Å². The summed E-state index contributed by atoms with van der Waals surface area (Å²) in [5.74, 6) is 1.68. The predicted molar refractivity (Wildman–Crippen MR) is 93.8 cm³/mol. The van der Waals surface area contributed by atoms with Crippen molar-refractivity contribution in [1.82, 2.24) is 19.4 Å². The summed E-state index contributed by atoms with van der Waals surface area (Å²) in [7, 11) is 1.96. The molecule has 0 aromatic carbocycles. The van der Waals surface area contributed by atoms with E-state index in [0.717, 1.165) is 36.8 Å². The normalized spacial score (nSPS) is 18.7. The van der Waals surface area contributed by atoms with Crippen LogP contribution in [0, 0.1) is 6.92 Å². The van der Waals surface area contributed by atoms with Crippen molar-refractivity contribution in [3.63, 3.8) is 0 Å². The predicted octanol–water partition coefficient (Wildman–Crippen LogP) is 3.20. The first-order chi connectivity index (χ1) is 11.1. The fraction of sp³-hybridized carbons (Fsp3) is 0.556. The van der Waals surface area contributed by atoms with Gasteiger partial charge in [-0.15, -0.1) is 0 Å². The quantitative estimate of drug-likeness (QED) is 0.921. The number of anilines is 1. The van der Waals surface area contributed by atoms with Crippen LogP contribution in [0.2, 0.25) is 0 Å². The maximum Gasteiger partial charge on any atom is 0.123 e. The van der Waals surface area contributed by atoms with E-state index in [-0.39, 0.29) is 0 Å². The second-order valence-corrected chi connectivity index (χ2v) is 6.74. The SMILES string of the molecule is CNc1cc(C)nc([C@@H]2CCN(Cc3nccn3C(C)C)C2)c1. The van der Waals surface area contributed by atoms with Gasteiger partial charge >= 0.3 is 0 Å². The van der Waals surface area contributed by atoms with E-state index in [4.69, 9.17) is 4.98 Å². The molecule has 0 amide bonds. The monoisotopic (exact) mass is 313 g/mol. The average molecular weight is 313 g/mol. The molecular formula is C18H27N5. The van der Waals surface area contributed by atoms with E-state index in [1.807, 2.05) is 13.2 Å². The molecule has 1 fully saturated rings. The van der Waals surface area contributed by atoms with Gasteiger partial charge in [0.1, 0.15) is 5.82 Å². The number of aryl methyl sites for hydroxylation is 1. The number of hydrogen-bond donors (Lipinski definition) is 1. The number of hydrogen-bond acceptors (Lipinski definition) is 4. The molecule has 23 heavy (non-hydrogen) atoms. The molecule has 3 rings (SSSR count). The van der Waals surface area contributed by atoms with Gasteiger partial charge in [0.15, 0.2) is 0 Å². The highest BCUT2D eigenvalue weighted by molar-refractivity contribution is 5.45. The van der Waals surface area contributed by atoms with Crippen LogP contribution >= 0.6 is 0 Å². The molecule has 1 saturated heterocycles. The average Bonchev–Trinajstić information content (AvgIpc) is 3.16. The van der Waals surface area contributed by atoms with Crippen LogP contribution in [0.3, 0.4) is 0 Å². The minimum atomic E-state index is 0.461. The van der Waals surface area contributed by atoms with Gasteiger partial charge in [-0.3, -0.25) is 9.88 Å². The van der Waals surface area contributed by atoms with Crippen LogP contribution in [0.5, 0.6) is 0 Å². The Kier molecular flexibility index (Phi) is 4.66. The van der Waals surface area contributed by atoms with Crippen molar-refractivity contribution >= 4 is 5.69 Å². The van der Waals surface area contributed by atoms with Gasteiger partial charge < -0.3 is 9.88 Å². The number of rotatable bonds is 5. The lowest BCUT2D eigenvalue weighted by atomic mass is 10.0. The third kappa shape index (κ3) is 3.55. The lowest BCUT2D eigenvalue weighted by Gasteiger charge is -2.18. The molecule has 1 aliphatic rings. The molecule has 5 heteroatoms. The summed E-state index contributed by atoms with van der Waals surface area (Å²) in [6, 6.07) is 4.74. The Hall–Kier alpha value is -1.88. The molecule has 0 bridgehead atoms. The van der Waals surface area contributed by atoms with Crippen molar-refractivity contribution in [1.29, 1.82) is 0 Å². The van der Waals surface area contributed by atoms with E-state index < -0.39 is 0 Å². The van der Waals surface area contributed by atoms with Gasteiger partial charge in [-0.25, -0.2) is 4.98 Å². The Balaban J connectivity index is 1.69. The Morgan fingerprint density at radius 3 is 2.91 bits per heavy atom. The number of nitrogens with zero attached hydrogens (tertiary/aromatic N) is 4. The molecular weight excluding hydrogens is 286 g/mol. The maximum absolute atomic E-state index is 4.75. The molecule has 124 valence electrons. The smallest absolute Gasteiger partial charge is 0.123 e. The third-order valence-corrected chi connectivity index (χ3v) is 4.62. The number of aromatic nitrogens is 3. The van der Waals surface area contributed by atoms with Gasteiger partial charge in [0, 0.05) is 55.0 Å². The Labute approximate surface area is 138 Å². The van der Waals surface area contributed by atoms with Crippen molar-refractivity contribution in [2.24, 2.45) is 0 Å². The van der Waals surface area contributed by atoms with E-state index in [1.54, 1.807) is 0 Å². The van der Waals surface area contributed by atoms with Crippen molar-refractivity contribution < 1.29 is 0 Å². The van der Waals surface area contributed by atoms with Crippen LogP contribution < -0.4 is 5.32 Å². The first kappa shape index (κ1) is 16.0. The van der Waals surface area contributed by atoms with Gasteiger partial charge in [-0.1, -0.05) is 0 Å². The molecule has 1 aliphatic heterocycles. The minimum absolute atomic E-state index is 0.461. The van der Waals surface area contributed by atoms with Crippen molar-refractivity contribution in [3.8, 4) is 0 Å². The molecule has 0 aliphatic carbocycles. The number of nitrogens with one attached hydrogen (secondary N) is 1. The second kappa shape index (κ2) is 6.71. The zero-order valence-electron chi connectivity index (χ0n) is 14.6. The van der Waals surface area contributed by atoms with Gasteiger partial charge in [0.05, 0.1) is 6.54 Å². The Morgan fingerprint density at radius 2 is 2.17 bits per heavy atom. The highest BCUT2D eigenvalue weighted by Crippen LogP contribution is 2.28. The van der Waals surface area contributed by atoms with E-state index in [0.29, 0.717) is 12.0 Å². The molecule has 2 aromatic heterocycles. The van der Waals surface area contributed by atoms with Crippen LogP contribution in [0.4, 0.5) is 5.69 Å². The zero-order valence-corrected chi connectivity index (χ0v) is 14.6. The van der Waals surface area contributed by atoms with Gasteiger partial charge in [0.25, 0.3) is 0 Å². The van der Waals surface area contributed by atoms with Crippen LogP contribution in [0.25, 0.3) is 0 Å². The summed E-state index contributed by atoms with van der Waals surface area (Å²) < 4.78 is 2.26. The summed E-state index contributed by atoms with van der Waals surface area (Å²) in [5.41, 5.74) is 3.45. The van der Waals surface area contributed by atoms with Gasteiger partial charge in [-0.2, -0.15) is 0 Å². The fourth-order valence-electron chi connectivity index (χ4n) is 3.40. The van der Waals surface area contributed by atoms with Crippen LogP contribution in [0.1, 0.15) is 49.4 Å². The summed E-state index contributed by atoms with van der Waals surface area (Å²) in [6.07, 6.45) is 5.15. The third-order valence-electron chi connectivity index (χ3n) is 4.62. The highest BCUT2D eigenvalue weighted by Gasteiger charge is 2.26. The standard InChI is InChI=1S/C18H27N5/c1-13(2)23-8-6-20-18(23)12-22-7-5-15(11-22)17-10-16(19-4)9-14(3)21-17/h6,8-10,13,15H,5,7,11-12H2,1-4H3,(H,19,21)/t15-/m1/s1. The van der Waals surface area contributed by atoms with Crippen molar-refractivity contribution in [2.45, 2.75) is 45.7 Å². The maximum atomic E-state index is 4.75. The summed E-state index contributed by atoms with van der Waals surface area (Å²) in [6.45, 7) is 9.56. The first-order valence-electron chi connectivity index (χ1n) is 8.47. The number of imidazole rings is 1. The van der Waals surface area contributed by atoms with E-state index in [1.165, 1.54) is 12.1 Å². The number of pyridine rings is 1. The Morgan fingerprint density at radius 1 is 1.35 bits per heavy atom. The van der Waals surface area contributed by atoms with Gasteiger partial charge in [-0.05, 0) is 45.9 Å². The first-order valence-corrected chi connectivity index (χ1v) is 8.47. The fourth-order valence-corrected chi connectivity index (χ4v) is 3.40. The van der Waals surface area contributed by atoms with Crippen molar-refractivity contribution in [2.75, 3.05) is 25.5 Å². The van der Waals surface area contributed by atoms with Crippen LogP contribution in [-0.2, 0) is 6.54 Å². The highest BCUT2D eigenvalue weighted by atomic mass is 15.2. The van der Waals surface area contributed by atoms with Crippen LogP contribution in [-0.4, -0.2) is 39.6 Å². The lowest BCUT2D eigenvalue weighted by Crippen LogP contribution is -2.23. The minimum Gasteiger partial charge on any atom is -0.388 e. The zero-order chi connectivity index (χ0) is 16.4. The molecule has 1 atom stereocenters. The molecule has 1 N–H and O–H groups in total. The van der Waals surface area contributed by atoms with E-state index in [2.05, 4.69) is 58.9 Å². The van der Waals surface area contributed by atoms with E-state index >= 15 is 0 Å².